The quantitative estimate of drug-likeness (QED) is 0.361. The minimum atomic E-state index is -0.293. The molecule has 0 aliphatic carbocycles. The van der Waals surface area contributed by atoms with Gasteiger partial charge < -0.3 is 25.0 Å². The van der Waals surface area contributed by atoms with Crippen molar-refractivity contribution in [3.63, 3.8) is 0 Å². The zero-order valence-corrected chi connectivity index (χ0v) is 19.4. The summed E-state index contributed by atoms with van der Waals surface area (Å²) in [5.74, 6) is 0.0937. The van der Waals surface area contributed by atoms with Crippen LogP contribution in [-0.2, 0) is 14.3 Å². The lowest BCUT2D eigenvalue weighted by molar-refractivity contribution is -0.128. The van der Waals surface area contributed by atoms with Crippen LogP contribution in [0.4, 0.5) is 27.4 Å². The zero-order chi connectivity index (χ0) is 24.9. The van der Waals surface area contributed by atoms with E-state index in [0.29, 0.717) is 56.7 Å². The van der Waals surface area contributed by atoms with Crippen LogP contribution in [0.25, 0.3) is 11.3 Å². The summed E-state index contributed by atoms with van der Waals surface area (Å²) in [6, 6.07) is 16.5. The molecule has 184 valence electrons. The topological polar surface area (TPSA) is 112 Å². The van der Waals surface area contributed by atoms with E-state index >= 15 is 0 Å². The third kappa shape index (κ3) is 7.65. The van der Waals surface area contributed by atoms with Crippen LogP contribution >= 0.6 is 0 Å². The first kappa shape index (κ1) is 25.4. The summed E-state index contributed by atoms with van der Waals surface area (Å²) in [7, 11) is 0. The summed E-state index contributed by atoms with van der Waals surface area (Å²) in [6.45, 7) is 5.49. The highest BCUT2D eigenvalue weighted by Crippen LogP contribution is 2.26. The Morgan fingerprint density at radius 2 is 1.94 bits per heavy atom. The molecule has 0 atom stereocenters. The van der Waals surface area contributed by atoms with Gasteiger partial charge in [0.1, 0.15) is 12.4 Å². The molecule has 4 rings (SSSR count). The van der Waals surface area contributed by atoms with Crippen molar-refractivity contribution in [3.05, 3.63) is 60.5 Å². The highest BCUT2D eigenvalue weighted by molar-refractivity contribution is 5.65. The van der Waals surface area contributed by atoms with Gasteiger partial charge in [0.25, 0.3) is 6.47 Å². The first-order valence-corrected chi connectivity index (χ1v) is 11.1. The van der Waals surface area contributed by atoms with Crippen LogP contribution in [0.15, 0.2) is 54.7 Å². The third-order valence-corrected chi connectivity index (χ3v) is 5.00. The van der Waals surface area contributed by atoms with Gasteiger partial charge in [-0.3, -0.25) is 4.79 Å². The van der Waals surface area contributed by atoms with Crippen molar-refractivity contribution in [2.45, 2.75) is 6.92 Å². The number of hydrogen-bond donors (Lipinski definition) is 2. The van der Waals surface area contributed by atoms with Crippen molar-refractivity contribution >= 4 is 29.5 Å². The minimum Gasteiger partial charge on any atom is -0.468 e. The van der Waals surface area contributed by atoms with E-state index in [0.717, 1.165) is 16.9 Å². The Morgan fingerprint density at radius 1 is 1.20 bits per heavy atom. The molecule has 0 unspecified atom stereocenters. The largest absolute Gasteiger partial charge is 0.468 e. The van der Waals surface area contributed by atoms with Crippen LogP contribution in [0.1, 0.15) is 8.35 Å². The number of rotatable bonds is 8. The van der Waals surface area contributed by atoms with Gasteiger partial charge in [-0.25, -0.2) is 14.4 Å². The number of carbonyl (C=O) groups is 1. The van der Waals surface area contributed by atoms with E-state index < -0.39 is 0 Å². The van der Waals surface area contributed by atoms with Gasteiger partial charge in [0.15, 0.2) is 0 Å². The fourth-order valence-corrected chi connectivity index (χ4v) is 3.32. The lowest BCUT2D eigenvalue weighted by Gasteiger charge is -2.29. The summed E-state index contributed by atoms with van der Waals surface area (Å²) >= 11 is 0. The summed E-state index contributed by atoms with van der Waals surface area (Å²) in [5, 5.41) is 14.7. The molecule has 1 aromatic heterocycles. The lowest BCUT2D eigenvalue weighted by atomic mass is 10.1. The van der Waals surface area contributed by atoms with E-state index in [1.54, 1.807) is 19.2 Å². The van der Waals surface area contributed by atoms with Crippen molar-refractivity contribution in [2.75, 3.05) is 55.0 Å². The molecule has 1 aliphatic rings. The van der Waals surface area contributed by atoms with Crippen LogP contribution in [0.3, 0.4) is 0 Å². The van der Waals surface area contributed by atoms with Gasteiger partial charge in [0, 0.05) is 37.7 Å². The number of carbonyl (C=O) groups excluding carboxylic acids is 1. The first-order valence-electron chi connectivity index (χ1n) is 11.1. The highest BCUT2D eigenvalue weighted by atomic mass is 19.1. The van der Waals surface area contributed by atoms with Gasteiger partial charge in [0.05, 0.1) is 37.3 Å². The van der Waals surface area contributed by atoms with E-state index in [-0.39, 0.29) is 13.8 Å². The Labute approximate surface area is 205 Å². The minimum absolute atomic E-state index is 0. The number of nitrogens with one attached hydrogen (secondary N) is 2. The van der Waals surface area contributed by atoms with Gasteiger partial charge in [-0.2, -0.15) is 5.26 Å². The highest BCUT2D eigenvalue weighted by Gasteiger charge is 2.15. The second kappa shape index (κ2) is 13.5. The van der Waals surface area contributed by atoms with Gasteiger partial charge in [-0.15, -0.1) is 0 Å². The molecule has 1 fully saturated rings. The molecule has 2 heterocycles. The van der Waals surface area contributed by atoms with Gasteiger partial charge >= 0.3 is 0 Å². The maximum absolute atomic E-state index is 14.6. The van der Waals surface area contributed by atoms with Crippen molar-refractivity contribution < 1.29 is 20.1 Å². The number of nitrogens with zero attached hydrogens (tertiary/aromatic N) is 4. The van der Waals surface area contributed by atoms with Crippen molar-refractivity contribution in [2.24, 2.45) is 0 Å². The van der Waals surface area contributed by atoms with Crippen LogP contribution in [0, 0.1) is 17.1 Å². The van der Waals surface area contributed by atoms with Crippen LogP contribution in [-0.4, -0.2) is 55.9 Å². The number of halogens is 1. The number of aromatic nitrogens is 2. The Bertz CT molecular complexity index is 1140. The monoisotopic (exact) mass is 480 g/mol. The standard InChI is InChI=1S/C22H21FN6O.C3H6O2.H2/c23-19-15-18(5-6-21(19)29-11-13-30-14-12-29)27-22-26-9-7-20(28-22)16-1-3-17(4-2-16)25-10-8-24;1-2-5-3-4;/h1-7,9,15,25H,10-14H2,(H,26,27,28);3H,2H2,1H3;1H. The third-order valence-electron chi connectivity index (χ3n) is 5.00. The first-order chi connectivity index (χ1) is 17.1. The van der Waals surface area contributed by atoms with E-state index in [2.05, 4.69) is 25.3 Å². The second-order valence-corrected chi connectivity index (χ2v) is 7.30. The maximum Gasteiger partial charge on any atom is 0.293 e. The normalized spacial score (nSPS) is 12.5. The van der Waals surface area contributed by atoms with Gasteiger partial charge in [-0.1, -0.05) is 12.1 Å². The van der Waals surface area contributed by atoms with E-state index in [4.69, 9.17) is 10.00 Å². The van der Waals surface area contributed by atoms with E-state index in [9.17, 15) is 9.18 Å². The summed E-state index contributed by atoms with van der Waals surface area (Å²) in [4.78, 5) is 19.9. The number of benzene rings is 2. The SMILES string of the molecule is CCOC=O.N#CCNc1ccc(-c2ccnc(Nc3ccc(N4CCOCC4)c(F)c3)n2)cc1.[HH]. The Kier molecular flexibility index (Phi) is 9.77. The second-order valence-electron chi connectivity index (χ2n) is 7.30. The lowest BCUT2D eigenvalue weighted by Crippen LogP contribution is -2.36. The number of ether oxygens (including phenoxy) is 2. The molecule has 0 saturated carbocycles. The van der Waals surface area contributed by atoms with Crippen molar-refractivity contribution in [3.8, 4) is 17.3 Å². The smallest absolute Gasteiger partial charge is 0.293 e. The fourth-order valence-electron chi connectivity index (χ4n) is 3.32. The van der Waals surface area contributed by atoms with Gasteiger partial charge in [0.2, 0.25) is 5.95 Å². The fraction of sp³-hybridized carbons (Fsp3) is 0.280. The molecule has 2 aromatic carbocycles. The van der Waals surface area contributed by atoms with E-state index in [1.165, 1.54) is 6.07 Å². The zero-order valence-electron chi connectivity index (χ0n) is 19.4. The van der Waals surface area contributed by atoms with E-state index in [1.807, 2.05) is 47.4 Å². The molecule has 3 aromatic rings. The predicted octanol–water partition coefficient (Wildman–Crippen LogP) is 4.22. The number of nitriles is 1. The van der Waals surface area contributed by atoms with Crippen LogP contribution in [0.5, 0.6) is 0 Å². The van der Waals surface area contributed by atoms with Crippen LogP contribution < -0.4 is 15.5 Å². The Balaban J connectivity index is 0.000000694. The summed E-state index contributed by atoms with van der Waals surface area (Å²) in [5.41, 5.74) is 3.67. The number of anilines is 4. The molecule has 1 aliphatic heterocycles. The molecule has 0 bridgehead atoms. The Morgan fingerprint density at radius 3 is 2.57 bits per heavy atom. The molecule has 9 nitrogen and oxygen atoms in total. The molecule has 0 spiro atoms. The van der Waals surface area contributed by atoms with Crippen molar-refractivity contribution in [1.82, 2.24) is 9.97 Å². The summed E-state index contributed by atoms with van der Waals surface area (Å²) in [6.07, 6.45) is 1.66. The molecular weight excluding hydrogens is 451 g/mol. The molecule has 35 heavy (non-hydrogen) atoms. The average molecular weight is 481 g/mol. The molecule has 0 amide bonds. The Hall–Kier alpha value is -4.23. The van der Waals surface area contributed by atoms with Gasteiger partial charge in [-0.05, 0) is 43.3 Å². The molecule has 10 heteroatoms. The maximum atomic E-state index is 14.6. The number of hydrogen-bond acceptors (Lipinski definition) is 9. The average Bonchev–Trinajstić information content (AvgIpc) is 2.89. The number of morpholine rings is 1. The summed E-state index contributed by atoms with van der Waals surface area (Å²) < 4.78 is 24.1. The predicted molar refractivity (Wildman–Crippen MR) is 134 cm³/mol. The van der Waals surface area contributed by atoms with Crippen molar-refractivity contribution in [1.29, 1.82) is 5.26 Å². The molecule has 1 saturated heterocycles. The molecule has 2 N–H and O–H groups in total. The molecule has 0 radical (unpaired) electrons. The van der Waals surface area contributed by atoms with Crippen LogP contribution in [0.2, 0.25) is 0 Å². The molecular formula is C25H29FN6O3.